The Balaban J connectivity index is 1.32. The number of methoxy groups -OCH3 is 1. The van der Waals surface area contributed by atoms with Crippen LogP contribution in [-0.4, -0.2) is 52.0 Å². The molecule has 0 bridgehead atoms. The Bertz CT molecular complexity index is 1560. The number of nitrogens with zero attached hydrogens (tertiary/aromatic N) is 3. The number of hydrogen-bond donors (Lipinski definition) is 2. The minimum atomic E-state index is -0.744. The first-order valence-electron chi connectivity index (χ1n) is 13.6. The molecule has 216 valence electrons. The number of rotatable bonds is 10. The molecule has 2 atom stereocenters. The van der Waals surface area contributed by atoms with Crippen molar-refractivity contribution in [2.24, 2.45) is 9.98 Å². The Hall–Kier alpha value is -4.51. The summed E-state index contributed by atoms with van der Waals surface area (Å²) in [5, 5.41) is 5.70. The van der Waals surface area contributed by atoms with Crippen molar-refractivity contribution in [3.05, 3.63) is 89.7 Å². The number of carbonyl (C=O) groups excluding carboxylic acids is 3. The van der Waals surface area contributed by atoms with Gasteiger partial charge in [0.25, 0.3) is 5.91 Å². The topological polar surface area (TPSA) is 112 Å². The summed E-state index contributed by atoms with van der Waals surface area (Å²) in [6.07, 6.45) is 0.770. The fraction of sp³-hybridized carbons (Fsp3) is 0.258. The predicted molar refractivity (Wildman–Crippen MR) is 161 cm³/mol. The lowest BCUT2D eigenvalue weighted by Crippen LogP contribution is -2.45. The third-order valence-electron chi connectivity index (χ3n) is 6.93. The molecular weight excluding hydrogens is 557 g/mol. The highest BCUT2D eigenvalue weighted by Crippen LogP contribution is 2.37. The number of carbonyl (C=O) groups is 3. The quantitative estimate of drug-likeness (QED) is 0.344. The monoisotopic (exact) mass is 587 g/mol. The number of anilines is 1. The average molecular weight is 588 g/mol. The van der Waals surface area contributed by atoms with Crippen molar-refractivity contribution in [1.29, 1.82) is 0 Å². The van der Waals surface area contributed by atoms with E-state index in [0.717, 1.165) is 5.56 Å². The maximum Gasteiger partial charge on any atom is 0.270 e. The fourth-order valence-corrected chi connectivity index (χ4v) is 5.79. The number of amides is 3. The fourth-order valence-electron chi connectivity index (χ4n) is 4.73. The zero-order valence-corrected chi connectivity index (χ0v) is 24.0. The van der Waals surface area contributed by atoms with Crippen LogP contribution in [0.1, 0.15) is 37.3 Å². The second-order valence-corrected chi connectivity index (χ2v) is 10.9. The Labute approximate surface area is 247 Å². The largest absolute Gasteiger partial charge is 0.495 e. The van der Waals surface area contributed by atoms with Crippen molar-refractivity contribution in [2.45, 2.75) is 44.0 Å². The number of benzene rings is 3. The number of amidine groups is 2. The molecule has 2 aliphatic rings. The molecule has 3 amide bonds. The first kappa shape index (κ1) is 29.0. The highest BCUT2D eigenvalue weighted by atomic mass is 32.2. The minimum absolute atomic E-state index is 0.0714. The Morgan fingerprint density at radius 2 is 1.79 bits per heavy atom. The molecule has 42 heavy (non-hydrogen) atoms. The van der Waals surface area contributed by atoms with Crippen LogP contribution in [0.5, 0.6) is 5.75 Å². The summed E-state index contributed by atoms with van der Waals surface area (Å²) in [5.74, 6) is -0.174. The van der Waals surface area contributed by atoms with E-state index < -0.39 is 11.3 Å². The first-order valence-corrected chi connectivity index (χ1v) is 14.5. The zero-order chi connectivity index (χ0) is 29.6. The van der Waals surface area contributed by atoms with Crippen LogP contribution in [0.15, 0.2) is 82.8 Å². The van der Waals surface area contributed by atoms with Crippen LogP contribution >= 0.6 is 11.8 Å². The van der Waals surface area contributed by atoms with E-state index in [1.54, 1.807) is 36.3 Å². The molecule has 2 N–H and O–H groups in total. The number of halogens is 1. The third-order valence-corrected chi connectivity index (χ3v) is 8.26. The van der Waals surface area contributed by atoms with Crippen LogP contribution in [0, 0.1) is 5.82 Å². The third kappa shape index (κ3) is 6.36. The van der Waals surface area contributed by atoms with E-state index in [1.807, 2.05) is 43.3 Å². The molecule has 2 heterocycles. The molecule has 11 heteroatoms. The molecule has 0 spiro atoms. The van der Waals surface area contributed by atoms with E-state index in [-0.39, 0.29) is 42.9 Å². The maximum absolute atomic E-state index is 13.4. The molecule has 3 aromatic rings. The van der Waals surface area contributed by atoms with Gasteiger partial charge in [-0.25, -0.2) is 9.38 Å². The van der Waals surface area contributed by atoms with Crippen LogP contribution in [-0.2, 0) is 20.9 Å². The summed E-state index contributed by atoms with van der Waals surface area (Å²) in [6.45, 7) is 2.16. The van der Waals surface area contributed by atoms with Crippen molar-refractivity contribution in [1.82, 2.24) is 10.2 Å². The lowest BCUT2D eigenvalue weighted by atomic mass is 10.1. The van der Waals surface area contributed by atoms with Gasteiger partial charge in [0.1, 0.15) is 23.4 Å². The predicted octanol–water partition coefficient (Wildman–Crippen LogP) is 5.04. The van der Waals surface area contributed by atoms with Crippen molar-refractivity contribution >= 4 is 51.9 Å². The van der Waals surface area contributed by atoms with E-state index in [9.17, 15) is 18.8 Å². The minimum Gasteiger partial charge on any atom is -0.495 e. The van der Waals surface area contributed by atoms with Crippen molar-refractivity contribution in [3.8, 4) is 5.75 Å². The molecule has 2 unspecified atom stereocenters. The van der Waals surface area contributed by atoms with Gasteiger partial charge in [0.05, 0.1) is 23.7 Å². The number of nitrogens with one attached hydrogen (secondary N) is 2. The zero-order valence-electron chi connectivity index (χ0n) is 23.2. The van der Waals surface area contributed by atoms with Crippen LogP contribution in [0.2, 0.25) is 0 Å². The molecule has 0 fully saturated rings. The van der Waals surface area contributed by atoms with Gasteiger partial charge in [-0.1, -0.05) is 55.1 Å². The Morgan fingerprint density at radius 1 is 1.05 bits per heavy atom. The number of aliphatic imine (C=N–C) groups is 2. The number of ether oxygens (including phenoxy) is 1. The van der Waals surface area contributed by atoms with Crippen molar-refractivity contribution < 1.29 is 23.5 Å². The van der Waals surface area contributed by atoms with Crippen LogP contribution in [0.25, 0.3) is 0 Å². The molecule has 0 aliphatic carbocycles. The van der Waals surface area contributed by atoms with Gasteiger partial charge in [-0.2, -0.15) is 4.99 Å². The second kappa shape index (κ2) is 13.0. The molecule has 0 radical (unpaired) electrons. The summed E-state index contributed by atoms with van der Waals surface area (Å²) < 4.78 is 18.5. The van der Waals surface area contributed by atoms with E-state index >= 15 is 0 Å². The van der Waals surface area contributed by atoms with Gasteiger partial charge in [0, 0.05) is 18.5 Å². The van der Waals surface area contributed by atoms with Gasteiger partial charge >= 0.3 is 0 Å². The summed E-state index contributed by atoms with van der Waals surface area (Å²) in [4.78, 5) is 50.1. The smallest absolute Gasteiger partial charge is 0.270 e. The van der Waals surface area contributed by atoms with E-state index in [2.05, 4.69) is 15.6 Å². The van der Waals surface area contributed by atoms with Gasteiger partial charge in [0.15, 0.2) is 5.17 Å². The number of para-hydroxylation sites is 3. The molecule has 0 saturated heterocycles. The highest BCUT2D eigenvalue weighted by molar-refractivity contribution is 8.15. The van der Waals surface area contributed by atoms with Gasteiger partial charge in [-0.15, -0.1) is 0 Å². The lowest BCUT2D eigenvalue weighted by molar-refractivity contribution is -0.122. The van der Waals surface area contributed by atoms with Crippen molar-refractivity contribution in [3.63, 3.8) is 0 Å². The summed E-state index contributed by atoms with van der Waals surface area (Å²) in [6, 6.07) is 19.7. The normalized spacial score (nSPS) is 16.1. The number of fused-ring (bicyclic) bond motifs is 3. The summed E-state index contributed by atoms with van der Waals surface area (Å²) in [7, 11) is 1.54. The number of thioether (sulfide) groups is 1. The summed E-state index contributed by atoms with van der Waals surface area (Å²) >= 11 is 1.25. The van der Waals surface area contributed by atoms with Gasteiger partial charge in [0.2, 0.25) is 11.8 Å². The van der Waals surface area contributed by atoms with Crippen LogP contribution < -0.4 is 15.4 Å². The lowest BCUT2D eigenvalue weighted by Gasteiger charge is -2.32. The summed E-state index contributed by atoms with van der Waals surface area (Å²) in [5.41, 5.74) is 2.69. The van der Waals surface area contributed by atoms with E-state index in [0.29, 0.717) is 40.1 Å². The van der Waals surface area contributed by atoms with Crippen LogP contribution in [0.4, 0.5) is 15.8 Å². The first-order chi connectivity index (χ1) is 20.4. The van der Waals surface area contributed by atoms with Crippen LogP contribution in [0.3, 0.4) is 0 Å². The molecule has 0 aromatic heterocycles. The molecule has 5 rings (SSSR count). The second-order valence-electron chi connectivity index (χ2n) is 9.72. The maximum atomic E-state index is 13.4. The average Bonchev–Trinajstić information content (AvgIpc) is 3.34. The standard InChI is InChI=1S/C31H30FN5O4S/c1-3-26(30(40)34-23-10-6-7-11-25(23)41-2)42-31-35-22-9-5-4-8-21(22)28-36-29(39)24(37(28)31)16-17-27(38)33-18-19-12-14-20(32)15-13-19/h4-15,24,26H,3,16-18H2,1-2H3,(H,33,38)(H,34,40). The molecular formula is C31H30FN5O4S. The molecule has 9 nitrogen and oxygen atoms in total. The van der Waals surface area contributed by atoms with Gasteiger partial charge < -0.3 is 15.4 Å². The van der Waals surface area contributed by atoms with Crippen molar-refractivity contribution in [2.75, 3.05) is 12.4 Å². The highest BCUT2D eigenvalue weighted by Gasteiger charge is 2.42. The molecule has 2 aliphatic heterocycles. The van der Waals surface area contributed by atoms with E-state index in [1.165, 1.54) is 23.9 Å². The Morgan fingerprint density at radius 3 is 2.55 bits per heavy atom. The Kier molecular flexibility index (Phi) is 8.97. The SMILES string of the molecule is CCC(SC1=Nc2ccccc2C2=NC(=O)C(CCC(=O)NCc3ccc(F)cc3)N12)C(=O)Nc1ccccc1OC. The van der Waals surface area contributed by atoms with E-state index in [4.69, 9.17) is 9.73 Å². The van der Waals surface area contributed by atoms with Gasteiger partial charge in [-0.3, -0.25) is 19.3 Å². The number of hydrogen-bond acceptors (Lipinski definition) is 7. The molecule has 0 saturated carbocycles. The van der Waals surface area contributed by atoms with Gasteiger partial charge in [-0.05, 0) is 54.8 Å². The molecule has 3 aromatic carbocycles.